The number of carboxylic acids is 1. The minimum atomic E-state index is -0.856. The molecule has 0 amide bonds. The SMILES string of the molecule is O=C(O)C(Sc1cccs1)c1cccc(Cl)c1. The van der Waals surface area contributed by atoms with E-state index in [-0.39, 0.29) is 0 Å². The van der Waals surface area contributed by atoms with Crippen molar-refractivity contribution in [2.75, 3.05) is 0 Å². The van der Waals surface area contributed by atoms with Crippen molar-refractivity contribution in [3.05, 3.63) is 52.4 Å². The summed E-state index contributed by atoms with van der Waals surface area (Å²) in [4.78, 5) is 11.3. The summed E-state index contributed by atoms with van der Waals surface area (Å²) in [6.07, 6.45) is 0. The highest BCUT2D eigenvalue weighted by molar-refractivity contribution is 8.02. The number of thioether (sulfide) groups is 1. The molecule has 1 heterocycles. The molecule has 0 spiro atoms. The molecule has 0 aliphatic rings. The smallest absolute Gasteiger partial charge is 0.321 e. The Morgan fingerprint density at radius 1 is 1.35 bits per heavy atom. The number of hydrogen-bond acceptors (Lipinski definition) is 3. The standard InChI is InChI=1S/C12H9ClO2S2/c13-9-4-1-3-8(7-9)11(12(14)15)17-10-5-2-6-16-10/h1-7,11H,(H,14,15). The summed E-state index contributed by atoms with van der Waals surface area (Å²) in [5.74, 6) is -0.856. The number of rotatable bonds is 4. The number of thiophene rings is 1. The number of hydrogen-bond donors (Lipinski definition) is 1. The molecule has 0 radical (unpaired) electrons. The molecule has 0 aliphatic carbocycles. The van der Waals surface area contributed by atoms with Gasteiger partial charge in [0.2, 0.25) is 0 Å². The predicted molar refractivity (Wildman–Crippen MR) is 72.0 cm³/mol. The van der Waals surface area contributed by atoms with Crippen LogP contribution in [0.4, 0.5) is 0 Å². The molecule has 1 aromatic heterocycles. The van der Waals surface area contributed by atoms with Crippen molar-refractivity contribution in [2.24, 2.45) is 0 Å². The van der Waals surface area contributed by atoms with Crippen molar-refractivity contribution < 1.29 is 9.90 Å². The molecule has 2 rings (SSSR count). The molecule has 1 unspecified atom stereocenters. The summed E-state index contributed by atoms with van der Waals surface area (Å²) in [7, 11) is 0. The van der Waals surface area contributed by atoms with Gasteiger partial charge >= 0.3 is 5.97 Å². The van der Waals surface area contributed by atoms with Gasteiger partial charge in [0.15, 0.2) is 0 Å². The quantitative estimate of drug-likeness (QED) is 0.850. The van der Waals surface area contributed by atoms with Crippen LogP contribution in [0, 0.1) is 0 Å². The van der Waals surface area contributed by atoms with Crippen LogP contribution < -0.4 is 0 Å². The third-order valence-electron chi connectivity index (χ3n) is 2.10. The molecule has 1 atom stereocenters. The van der Waals surface area contributed by atoms with Crippen molar-refractivity contribution in [1.29, 1.82) is 0 Å². The molecule has 2 nitrogen and oxygen atoms in total. The first-order valence-corrected chi connectivity index (χ1v) is 6.99. The molecule has 2 aromatic rings. The fourth-order valence-electron chi connectivity index (χ4n) is 1.38. The fourth-order valence-corrected chi connectivity index (χ4v) is 3.48. The van der Waals surface area contributed by atoms with Gasteiger partial charge in [0.1, 0.15) is 5.25 Å². The number of aliphatic carboxylic acids is 1. The second-order valence-electron chi connectivity index (χ2n) is 3.32. The first-order valence-electron chi connectivity index (χ1n) is 4.85. The summed E-state index contributed by atoms with van der Waals surface area (Å²) < 4.78 is 0.984. The maximum absolute atomic E-state index is 11.3. The average molecular weight is 285 g/mol. The van der Waals surface area contributed by atoms with E-state index < -0.39 is 11.2 Å². The van der Waals surface area contributed by atoms with E-state index in [0.29, 0.717) is 10.6 Å². The Bertz CT molecular complexity index is 511. The molecule has 0 saturated heterocycles. The number of carbonyl (C=O) groups is 1. The van der Waals surface area contributed by atoms with Crippen molar-refractivity contribution in [2.45, 2.75) is 9.46 Å². The first kappa shape index (κ1) is 12.5. The van der Waals surface area contributed by atoms with Crippen molar-refractivity contribution >= 4 is 40.7 Å². The maximum atomic E-state index is 11.3. The topological polar surface area (TPSA) is 37.3 Å². The highest BCUT2D eigenvalue weighted by atomic mass is 35.5. The second kappa shape index (κ2) is 5.58. The minimum absolute atomic E-state index is 0.556. The van der Waals surface area contributed by atoms with E-state index in [0.717, 1.165) is 4.21 Å². The fraction of sp³-hybridized carbons (Fsp3) is 0.0833. The zero-order chi connectivity index (χ0) is 12.3. The van der Waals surface area contributed by atoms with Crippen LogP contribution in [0.25, 0.3) is 0 Å². The highest BCUT2D eigenvalue weighted by Gasteiger charge is 2.21. The number of halogens is 1. The summed E-state index contributed by atoms with van der Waals surface area (Å²) in [6.45, 7) is 0. The van der Waals surface area contributed by atoms with Gasteiger partial charge in [-0.25, -0.2) is 0 Å². The molecular weight excluding hydrogens is 276 g/mol. The zero-order valence-electron chi connectivity index (χ0n) is 8.67. The summed E-state index contributed by atoms with van der Waals surface area (Å²) in [6, 6.07) is 10.8. The van der Waals surface area contributed by atoms with Crippen LogP contribution in [0.2, 0.25) is 5.02 Å². The Morgan fingerprint density at radius 2 is 2.18 bits per heavy atom. The Hall–Kier alpha value is -0.970. The molecule has 1 N–H and O–H groups in total. The molecule has 1 aromatic carbocycles. The molecule has 17 heavy (non-hydrogen) atoms. The van der Waals surface area contributed by atoms with Gasteiger partial charge in [0.05, 0.1) is 4.21 Å². The third-order valence-corrected chi connectivity index (χ3v) is 4.66. The van der Waals surface area contributed by atoms with Gasteiger partial charge in [-0.3, -0.25) is 4.79 Å². The summed E-state index contributed by atoms with van der Waals surface area (Å²) in [5, 5.41) is 11.1. The Labute approximate surface area is 112 Å². The van der Waals surface area contributed by atoms with Gasteiger partial charge in [0.25, 0.3) is 0 Å². The van der Waals surface area contributed by atoms with Gasteiger partial charge in [-0.2, -0.15) is 0 Å². The van der Waals surface area contributed by atoms with Crippen LogP contribution in [0.5, 0.6) is 0 Å². The Morgan fingerprint density at radius 3 is 2.76 bits per heavy atom. The normalized spacial score (nSPS) is 12.3. The maximum Gasteiger partial charge on any atom is 0.321 e. The minimum Gasteiger partial charge on any atom is -0.480 e. The van der Waals surface area contributed by atoms with E-state index in [1.165, 1.54) is 23.1 Å². The Balaban J connectivity index is 2.26. The third kappa shape index (κ3) is 3.25. The van der Waals surface area contributed by atoms with Crippen molar-refractivity contribution in [3.63, 3.8) is 0 Å². The molecule has 5 heteroatoms. The lowest BCUT2D eigenvalue weighted by Gasteiger charge is -2.11. The van der Waals surface area contributed by atoms with Crippen LogP contribution in [-0.2, 0) is 4.79 Å². The summed E-state index contributed by atoms with van der Waals surface area (Å²) >= 11 is 8.74. The predicted octanol–water partition coefficient (Wildman–Crippen LogP) is 4.32. The van der Waals surface area contributed by atoms with Crippen molar-refractivity contribution in [1.82, 2.24) is 0 Å². The van der Waals surface area contributed by atoms with E-state index in [1.54, 1.807) is 24.3 Å². The molecular formula is C12H9ClO2S2. The van der Waals surface area contributed by atoms with Gasteiger partial charge in [-0.15, -0.1) is 11.3 Å². The van der Waals surface area contributed by atoms with E-state index in [1.807, 2.05) is 17.5 Å². The molecule has 0 saturated carbocycles. The van der Waals surface area contributed by atoms with E-state index in [9.17, 15) is 9.90 Å². The zero-order valence-corrected chi connectivity index (χ0v) is 11.1. The second-order valence-corrected chi connectivity index (χ2v) is 6.11. The van der Waals surface area contributed by atoms with Gasteiger partial charge in [0, 0.05) is 5.02 Å². The largest absolute Gasteiger partial charge is 0.480 e. The number of carboxylic acid groups (broad SMARTS) is 1. The highest BCUT2D eigenvalue weighted by Crippen LogP contribution is 2.38. The van der Waals surface area contributed by atoms with Crippen LogP contribution in [0.1, 0.15) is 10.8 Å². The lowest BCUT2D eigenvalue weighted by Crippen LogP contribution is -2.07. The van der Waals surface area contributed by atoms with Crippen LogP contribution in [0.3, 0.4) is 0 Å². The molecule has 0 bridgehead atoms. The van der Waals surface area contributed by atoms with Gasteiger partial charge in [-0.1, -0.05) is 41.6 Å². The van der Waals surface area contributed by atoms with Crippen molar-refractivity contribution in [3.8, 4) is 0 Å². The monoisotopic (exact) mass is 284 g/mol. The van der Waals surface area contributed by atoms with E-state index >= 15 is 0 Å². The summed E-state index contributed by atoms with van der Waals surface area (Å²) in [5.41, 5.74) is 0.711. The van der Waals surface area contributed by atoms with E-state index in [2.05, 4.69) is 0 Å². The molecule has 0 fully saturated rings. The van der Waals surface area contributed by atoms with Gasteiger partial charge in [-0.05, 0) is 29.1 Å². The van der Waals surface area contributed by atoms with E-state index in [4.69, 9.17) is 11.6 Å². The molecule has 0 aliphatic heterocycles. The lowest BCUT2D eigenvalue weighted by atomic mass is 10.1. The van der Waals surface area contributed by atoms with Crippen LogP contribution >= 0.6 is 34.7 Å². The average Bonchev–Trinajstić information content (AvgIpc) is 2.78. The first-order chi connectivity index (χ1) is 8.16. The lowest BCUT2D eigenvalue weighted by molar-refractivity contribution is -0.136. The van der Waals surface area contributed by atoms with Gasteiger partial charge < -0.3 is 5.11 Å². The van der Waals surface area contributed by atoms with Crippen LogP contribution in [-0.4, -0.2) is 11.1 Å². The van der Waals surface area contributed by atoms with Crippen LogP contribution in [0.15, 0.2) is 46.0 Å². The Kier molecular flexibility index (Phi) is 4.10. The number of benzene rings is 1. The molecule has 88 valence electrons.